The molecule has 0 aromatic heterocycles. The number of nitriles is 1. The zero-order valence-corrected chi connectivity index (χ0v) is 7.70. The van der Waals surface area contributed by atoms with Crippen LogP contribution in [-0.4, -0.2) is 17.6 Å². The van der Waals surface area contributed by atoms with Gasteiger partial charge in [0.15, 0.2) is 0 Å². The maximum Gasteiger partial charge on any atom is 0.147 e. The average molecular weight is 163 g/mol. The number of aliphatic imine (C=N–C) groups is 2. The first-order valence-corrected chi connectivity index (χ1v) is 4.16. The summed E-state index contributed by atoms with van der Waals surface area (Å²) >= 11 is 0. The zero-order valence-electron chi connectivity index (χ0n) is 7.70. The largest absolute Gasteiger partial charge is 0.262 e. The Bertz CT molecular complexity index is 272. The lowest BCUT2D eigenvalue weighted by atomic mass is 10.1. The first-order valence-electron chi connectivity index (χ1n) is 4.16. The SMILES string of the molecule is CCC1(C)N=CC(C(C)C#N)=N1. The summed E-state index contributed by atoms with van der Waals surface area (Å²) in [6.07, 6.45) is 2.60. The van der Waals surface area contributed by atoms with Crippen LogP contribution in [0, 0.1) is 17.2 Å². The number of hydrogen-bond acceptors (Lipinski definition) is 3. The Morgan fingerprint density at radius 3 is 2.83 bits per heavy atom. The van der Waals surface area contributed by atoms with E-state index in [1.807, 2.05) is 20.8 Å². The minimum absolute atomic E-state index is 0.137. The number of hydrogen-bond donors (Lipinski definition) is 0. The van der Waals surface area contributed by atoms with Gasteiger partial charge in [0.1, 0.15) is 5.66 Å². The standard InChI is InChI=1S/C9H13N3/c1-4-9(3)11-6-8(12-9)7(2)5-10/h6-7H,4H2,1-3H3. The van der Waals surface area contributed by atoms with Crippen molar-refractivity contribution in [2.24, 2.45) is 15.9 Å². The molecule has 1 aliphatic heterocycles. The monoisotopic (exact) mass is 163 g/mol. The van der Waals surface area contributed by atoms with Gasteiger partial charge in [0.2, 0.25) is 0 Å². The zero-order chi connectivity index (χ0) is 9.19. The second-order valence-corrected chi connectivity index (χ2v) is 3.22. The fourth-order valence-corrected chi connectivity index (χ4v) is 0.986. The van der Waals surface area contributed by atoms with Crippen molar-refractivity contribution in [2.75, 3.05) is 0 Å². The van der Waals surface area contributed by atoms with Gasteiger partial charge in [0.05, 0.1) is 17.7 Å². The normalized spacial score (nSPS) is 29.7. The lowest BCUT2D eigenvalue weighted by Gasteiger charge is -2.13. The van der Waals surface area contributed by atoms with Crippen molar-refractivity contribution in [1.82, 2.24) is 0 Å². The van der Waals surface area contributed by atoms with Gasteiger partial charge >= 0.3 is 0 Å². The van der Waals surface area contributed by atoms with Crippen LogP contribution in [0.25, 0.3) is 0 Å². The van der Waals surface area contributed by atoms with Crippen LogP contribution >= 0.6 is 0 Å². The summed E-state index contributed by atoms with van der Waals surface area (Å²) in [7, 11) is 0. The molecule has 0 aromatic carbocycles. The average Bonchev–Trinajstić information content (AvgIpc) is 2.48. The fraction of sp³-hybridized carbons (Fsp3) is 0.667. The number of rotatable bonds is 2. The van der Waals surface area contributed by atoms with E-state index in [0.29, 0.717) is 0 Å². The van der Waals surface area contributed by atoms with Gasteiger partial charge in [0.25, 0.3) is 0 Å². The van der Waals surface area contributed by atoms with Crippen molar-refractivity contribution in [3.05, 3.63) is 0 Å². The van der Waals surface area contributed by atoms with Crippen LogP contribution in [0.15, 0.2) is 9.98 Å². The van der Waals surface area contributed by atoms with E-state index >= 15 is 0 Å². The minimum atomic E-state index is -0.305. The van der Waals surface area contributed by atoms with Gasteiger partial charge in [0, 0.05) is 6.21 Å². The van der Waals surface area contributed by atoms with Crippen molar-refractivity contribution in [3.63, 3.8) is 0 Å². The van der Waals surface area contributed by atoms with Gasteiger partial charge in [-0.25, -0.2) is 0 Å². The van der Waals surface area contributed by atoms with Crippen LogP contribution in [0.4, 0.5) is 0 Å². The molecule has 12 heavy (non-hydrogen) atoms. The lowest BCUT2D eigenvalue weighted by Crippen LogP contribution is -2.15. The molecule has 3 heteroatoms. The molecule has 0 spiro atoms. The van der Waals surface area contributed by atoms with Crippen LogP contribution in [0.3, 0.4) is 0 Å². The van der Waals surface area contributed by atoms with E-state index in [1.165, 1.54) is 0 Å². The van der Waals surface area contributed by atoms with E-state index in [2.05, 4.69) is 16.1 Å². The summed E-state index contributed by atoms with van der Waals surface area (Å²) in [6, 6.07) is 2.15. The molecule has 2 atom stereocenters. The van der Waals surface area contributed by atoms with Gasteiger partial charge in [-0.2, -0.15) is 5.26 Å². The molecule has 0 aromatic rings. The third-order valence-electron chi connectivity index (χ3n) is 2.15. The first kappa shape index (κ1) is 8.92. The highest BCUT2D eigenvalue weighted by molar-refractivity contribution is 6.33. The summed E-state index contributed by atoms with van der Waals surface area (Å²) in [5.41, 5.74) is 0.502. The summed E-state index contributed by atoms with van der Waals surface area (Å²) < 4.78 is 0. The van der Waals surface area contributed by atoms with Gasteiger partial charge in [-0.1, -0.05) is 6.92 Å². The molecule has 0 saturated heterocycles. The molecule has 1 heterocycles. The molecular formula is C9H13N3. The van der Waals surface area contributed by atoms with Crippen LogP contribution in [0.2, 0.25) is 0 Å². The van der Waals surface area contributed by atoms with E-state index < -0.39 is 0 Å². The number of nitrogens with zero attached hydrogens (tertiary/aromatic N) is 3. The predicted octanol–water partition coefficient (Wildman–Crippen LogP) is 1.80. The van der Waals surface area contributed by atoms with E-state index in [1.54, 1.807) is 6.21 Å². The Morgan fingerprint density at radius 2 is 2.42 bits per heavy atom. The van der Waals surface area contributed by atoms with E-state index in [0.717, 1.165) is 12.1 Å². The predicted molar refractivity (Wildman–Crippen MR) is 49.4 cm³/mol. The van der Waals surface area contributed by atoms with Gasteiger partial charge in [-0.05, 0) is 20.3 Å². The quantitative estimate of drug-likeness (QED) is 0.612. The molecule has 0 N–H and O–H groups in total. The molecule has 3 nitrogen and oxygen atoms in total. The van der Waals surface area contributed by atoms with Crippen molar-refractivity contribution in [2.45, 2.75) is 32.9 Å². The summed E-state index contributed by atoms with van der Waals surface area (Å²) in [4.78, 5) is 8.64. The van der Waals surface area contributed by atoms with Crippen LogP contribution in [-0.2, 0) is 0 Å². The Hall–Kier alpha value is -1.17. The maximum absolute atomic E-state index is 8.65. The molecular weight excluding hydrogens is 150 g/mol. The maximum atomic E-state index is 8.65. The lowest BCUT2D eigenvalue weighted by molar-refractivity contribution is 0.490. The molecule has 0 saturated carbocycles. The van der Waals surface area contributed by atoms with Crippen LogP contribution < -0.4 is 0 Å². The Kier molecular flexibility index (Phi) is 2.27. The second-order valence-electron chi connectivity index (χ2n) is 3.22. The summed E-state index contributed by atoms with van der Waals surface area (Å²) in [5, 5.41) is 8.65. The third kappa shape index (κ3) is 1.53. The summed E-state index contributed by atoms with van der Waals surface area (Å²) in [5.74, 6) is -0.137. The van der Waals surface area contributed by atoms with Crippen LogP contribution in [0.1, 0.15) is 27.2 Å². The van der Waals surface area contributed by atoms with E-state index in [9.17, 15) is 0 Å². The third-order valence-corrected chi connectivity index (χ3v) is 2.15. The molecule has 0 amide bonds. The Labute approximate surface area is 72.8 Å². The molecule has 1 rings (SSSR count). The van der Waals surface area contributed by atoms with Crippen molar-refractivity contribution >= 4 is 11.9 Å². The van der Waals surface area contributed by atoms with Gasteiger partial charge in [-0.3, -0.25) is 9.98 Å². The highest BCUT2D eigenvalue weighted by Gasteiger charge is 2.25. The van der Waals surface area contributed by atoms with E-state index in [4.69, 9.17) is 5.26 Å². The smallest absolute Gasteiger partial charge is 0.147 e. The molecule has 0 radical (unpaired) electrons. The Morgan fingerprint density at radius 1 is 1.75 bits per heavy atom. The highest BCUT2D eigenvalue weighted by Crippen LogP contribution is 2.22. The van der Waals surface area contributed by atoms with Crippen molar-refractivity contribution in [3.8, 4) is 6.07 Å². The summed E-state index contributed by atoms with van der Waals surface area (Å²) in [6.45, 7) is 5.85. The molecule has 2 unspecified atom stereocenters. The Balaban J connectivity index is 2.82. The molecule has 0 aliphatic carbocycles. The molecule has 0 fully saturated rings. The van der Waals surface area contributed by atoms with Crippen LogP contribution in [0.5, 0.6) is 0 Å². The molecule has 1 aliphatic rings. The highest BCUT2D eigenvalue weighted by atomic mass is 15.1. The van der Waals surface area contributed by atoms with Gasteiger partial charge < -0.3 is 0 Å². The van der Waals surface area contributed by atoms with Crippen molar-refractivity contribution < 1.29 is 0 Å². The molecule has 0 bridgehead atoms. The second kappa shape index (κ2) is 3.06. The van der Waals surface area contributed by atoms with Crippen molar-refractivity contribution in [1.29, 1.82) is 5.26 Å². The van der Waals surface area contributed by atoms with Gasteiger partial charge in [-0.15, -0.1) is 0 Å². The fourth-order valence-electron chi connectivity index (χ4n) is 0.986. The van der Waals surface area contributed by atoms with E-state index in [-0.39, 0.29) is 11.6 Å². The minimum Gasteiger partial charge on any atom is -0.262 e. The first-order chi connectivity index (χ1) is 5.61. The topological polar surface area (TPSA) is 48.5 Å². The molecule has 64 valence electrons.